The molecule has 1 saturated heterocycles. The highest BCUT2D eigenvalue weighted by molar-refractivity contribution is 7.89. The van der Waals surface area contributed by atoms with E-state index < -0.39 is 51.1 Å². The number of hydrogen-bond acceptors (Lipinski definition) is 8. The molecular formula is C30H35F3N6O5S. The predicted molar refractivity (Wildman–Crippen MR) is 161 cm³/mol. The third kappa shape index (κ3) is 7.89. The van der Waals surface area contributed by atoms with Gasteiger partial charge in [-0.3, -0.25) is 9.59 Å². The van der Waals surface area contributed by atoms with Crippen LogP contribution in [0.2, 0.25) is 0 Å². The number of carbonyl (C=O) groups excluding carboxylic acids is 1. The van der Waals surface area contributed by atoms with Crippen LogP contribution < -0.4 is 20.3 Å². The Kier molecular flexibility index (Phi) is 9.73. The molecule has 15 heteroatoms. The Hall–Kier alpha value is -4.24. The van der Waals surface area contributed by atoms with Crippen molar-refractivity contribution in [2.45, 2.75) is 56.3 Å². The number of sulfonamides is 1. The Labute approximate surface area is 259 Å². The summed E-state index contributed by atoms with van der Waals surface area (Å²) in [4.78, 5) is 35.8. The number of benzene rings is 2. The van der Waals surface area contributed by atoms with Crippen molar-refractivity contribution in [2.75, 3.05) is 29.9 Å². The number of alkyl halides is 3. The van der Waals surface area contributed by atoms with Gasteiger partial charge in [0.1, 0.15) is 0 Å². The molecule has 2 aromatic carbocycles. The number of carboxylic acid groups (broad SMARTS) is 1. The van der Waals surface area contributed by atoms with Gasteiger partial charge in [0.2, 0.25) is 16.0 Å². The minimum Gasteiger partial charge on any atom is -0.480 e. The maximum atomic E-state index is 13.9. The van der Waals surface area contributed by atoms with Crippen LogP contribution >= 0.6 is 0 Å². The van der Waals surface area contributed by atoms with Gasteiger partial charge in [0.25, 0.3) is 5.91 Å². The molecule has 1 fully saturated rings. The van der Waals surface area contributed by atoms with Gasteiger partial charge in [0.05, 0.1) is 10.5 Å². The molecule has 4 N–H and O–H groups in total. The van der Waals surface area contributed by atoms with E-state index in [0.717, 1.165) is 6.07 Å². The molecule has 1 atom stereocenters. The second kappa shape index (κ2) is 13.0. The summed E-state index contributed by atoms with van der Waals surface area (Å²) in [7, 11) is -4.38. The fraction of sp³-hybridized carbons (Fsp3) is 0.400. The first-order valence-electron chi connectivity index (χ1n) is 14.1. The molecule has 0 bridgehead atoms. The first-order chi connectivity index (χ1) is 21.0. The number of hydrogen-bond donors (Lipinski definition) is 4. The van der Waals surface area contributed by atoms with Crippen molar-refractivity contribution in [1.29, 1.82) is 0 Å². The molecule has 1 aliphatic heterocycles. The molecule has 242 valence electrons. The summed E-state index contributed by atoms with van der Waals surface area (Å²) < 4.78 is 70.4. The smallest absolute Gasteiger partial charge is 0.416 e. The van der Waals surface area contributed by atoms with E-state index in [1.165, 1.54) is 51.1 Å². The maximum absolute atomic E-state index is 13.9. The summed E-state index contributed by atoms with van der Waals surface area (Å²) >= 11 is 0. The molecule has 3 aromatic rings. The normalized spacial score (nSPS) is 16.1. The van der Waals surface area contributed by atoms with Gasteiger partial charge >= 0.3 is 12.1 Å². The highest BCUT2D eigenvalue weighted by Crippen LogP contribution is 2.35. The molecule has 0 spiro atoms. The number of aromatic nitrogens is 2. The first kappa shape index (κ1) is 33.6. The summed E-state index contributed by atoms with van der Waals surface area (Å²) in [6, 6.07) is 11.8. The average Bonchev–Trinajstić information content (AvgIpc) is 2.99. The number of aliphatic carboxylic acids is 1. The Morgan fingerprint density at radius 2 is 1.60 bits per heavy atom. The number of anilines is 2. The van der Waals surface area contributed by atoms with Gasteiger partial charge in [-0.05, 0) is 54.7 Å². The molecule has 0 saturated carbocycles. The number of carboxylic acids is 1. The van der Waals surface area contributed by atoms with E-state index in [0.29, 0.717) is 37.9 Å². The fourth-order valence-electron chi connectivity index (χ4n) is 5.02. The summed E-state index contributed by atoms with van der Waals surface area (Å²) in [6.07, 6.45) is -0.425. The van der Waals surface area contributed by atoms with Crippen LogP contribution in [0.15, 0.2) is 71.9 Å². The lowest BCUT2D eigenvalue weighted by Crippen LogP contribution is -2.67. The number of piperidine rings is 1. The van der Waals surface area contributed by atoms with Crippen LogP contribution in [-0.4, -0.2) is 66.6 Å². The second-order valence-corrected chi connectivity index (χ2v) is 13.5. The standard InChI is InChI=1S/C30H35F3N6O5S/c1-28(2,3)29(26(41)42,38-45(43,44)24-8-5-4-6-9-24)19-36-25(40)20-16-21(30(31,32)33)18-23(17-20)39-14-10-22(11-15-39)37-27-34-12-7-13-35-27/h4-9,12-13,16-18,22,38H,10-11,14-15,19H2,1-3H3,(H,36,40)(H,41,42)(H,34,35,37)/t29-/m0/s1. The van der Waals surface area contributed by atoms with E-state index in [1.807, 2.05) is 0 Å². The zero-order valence-corrected chi connectivity index (χ0v) is 25.7. The van der Waals surface area contributed by atoms with Crippen molar-refractivity contribution in [3.8, 4) is 0 Å². The predicted octanol–water partition coefficient (Wildman–Crippen LogP) is 4.15. The van der Waals surface area contributed by atoms with E-state index in [2.05, 4.69) is 25.3 Å². The highest BCUT2D eigenvalue weighted by Gasteiger charge is 2.52. The number of nitrogens with zero attached hydrogens (tertiary/aromatic N) is 3. The number of carbonyl (C=O) groups is 2. The molecule has 0 radical (unpaired) electrons. The Morgan fingerprint density at radius 3 is 2.16 bits per heavy atom. The summed E-state index contributed by atoms with van der Waals surface area (Å²) in [5.74, 6) is -2.11. The topological polar surface area (TPSA) is 154 Å². The number of halogens is 3. The highest BCUT2D eigenvalue weighted by atomic mass is 32.2. The van der Waals surface area contributed by atoms with Gasteiger partial charge in [-0.15, -0.1) is 0 Å². The van der Waals surface area contributed by atoms with E-state index in [-0.39, 0.29) is 22.2 Å². The van der Waals surface area contributed by atoms with Crippen LogP contribution in [-0.2, 0) is 21.0 Å². The van der Waals surface area contributed by atoms with E-state index in [4.69, 9.17) is 0 Å². The van der Waals surface area contributed by atoms with E-state index in [1.54, 1.807) is 29.4 Å². The van der Waals surface area contributed by atoms with E-state index in [9.17, 15) is 36.3 Å². The van der Waals surface area contributed by atoms with Gasteiger partial charge in [-0.1, -0.05) is 39.0 Å². The third-order valence-electron chi connectivity index (χ3n) is 7.79. The van der Waals surface area contributed by atoms with Gasteiger partial charge in [-0.25, -0.2) is 18.4 Å². The quantitative estimate of drug-likeness (QED) is 0.254. The minimum absolute atomic E-state index is 0.00146. The lowest BCUT2D eigenvalue weighted by molar-refractivity contribution is -0.148. The Morgan fingerprint density at radius 1 is 0.978 bits per heavy atom. The maximum Gasteiger partial charge on any atom is 0.416 e. The number of rotatable bonds is 10. The molecule has 4 rings (SSSR count). The van der Waals surface area contributed by atoms with Gasteiger partial charge in [0, 0.05) is 49.3 Å². The van der Waals surface area contributed by atoms with Gasteiger partial charge in [0.15, 0.2) is 5.54 Å². The largest absolute Gasteiger partial charge is 0.480 e. The zero-order valence-electron chi connectivity index (χ0n) is 24.9. The number of nitrogens with one attached hydrogen (secondary N) is 3. The second-order valence-electron chi connectivity index (χ2n) is 11.8. The minimum atomic E-state index is -4.77. The average molecular weight is 649 g/mol. The van der Waals surface area contributed by atoms with Crippen molar-refractivity contribution in [3.05, 3.63) is 78.1 Å². The summed E-state index contributed by atoms with van der Waals surface area (Å²) in [5, 5.41) is 15.9. The van der Waals surface area contributed by atoms with Crippen LogP contribution in [0.25, 0.3) is 0 Å². The molecule has 2 heterocycles. The lowest BCUT2D eigenvalue weighted by Gasteiger charge is -2.41. The SMILES string of the molecule is CC(C)(C)[C@@](CNC(=O)c1cc(N2CCC(Nc3ncccn3)CC2)cc(C(F)(F)F)c1)(NS(=O)(=O)c1ccccc1)C(=O)O. The van der Waals surface area contributed by atoms with Crippen molar-refractivity contribution in [2.24, 2.45) is 5.41 Å². The van der Waals surface area contributed by atoms with Crippen LogP contribution in [0.1, 0.15) is 49.5 Å². The van der Waals surface area contributed by atoms with Crippen molar-refractivity contribution >= 4 is 33.5 Å². The molecule has 1 aliphatic rings. The molecule has 1 amide bonds. The van der Waals surface area contributed by atoms with Crippen molar-refractivity contribution < 1.29 is 36.3 Å². The lowest BCUT2D eigenvalue weighted by atomic mass is 9.74. The Bertz CT molecular complexity index is 1610. The zero-order chi connectivity index (χ0) is 33.0. The summed E-state index contributed by atoms with van der Waals surface area (Å²) in [6.45, 7) is 4.46. The molecule has 11 nitrogen and oxygen atoms in total. The third-order valence-corrected chi connectivity index (χ3v) is 9.30. The molecule has 1 aromatic heterocycles. The molecule has 0 unspecified atom stereocenters. The molecule has 0 aliphatic carbocycles. The molecule has 45 heavy (non-hydrogen) atoms. The van der Waals surface area contributed by atoms with Crippen LogP contribution in [0.5, 0.6) is 0 Å². The van der Waals surface area contributed by atoms with Crippen LogP contribution in [0.4, 0.5) is 24.8 Å². The van der Waals surface area contributed by atoms with Gasteiger partial charge in [-0.2, -0.15) is 17.9 Å². The summed E-state index contributed by atoms with van der Waals surface area (Å²) in [5.41, 5.74) is -4.78. The Balaban J connectivity index is 1.57. The fourth-order valence-corrected chi connectivity index (χ4v) is 6.58. The first-order valence-corrected chi connectivity index (χ1v) is 15.6. The van der Waals surface area contributed by atoms with Crippen molar-refractivity contribution in [1.82, 2.24) is 20.0 Å². The monoisotopic (exact) mass is 648 g/mol. The van der Waals surface area contributed by atoms with Crippen LogP contribution in [0, 0.1) is 5.41 Å². The van der Waals surface area contributed by atoms with Crippen LogP contribution in [0.3, 0.4) is 0 Å². The van der Waals surface area contributed by atoms with Crippen molar-refractivity contribution in [3.63, 3.8) is 0 Å². The van der Waals surface area contributed by atoms with Gasteiger partial charge < -0.3 is 20.6 Å². The molecular weight excluding hydrogens is 613 g/mol. The van der Waals surface area contributed by atoms with E-state index >= 15 is 0 Å². The number of amides is 1.